The summed E-state index contributed by atoms with van der Waals surface area (Å²) in [7, 11) is 24.2. The summed E-state index contributed by atoms with van der Waals surface area (Å²) in [5.41, 5.74) is 0. The van der Waals surface area contributed by atoms with Gasteiger partial charge in [-0.25, -0.2) is 0 Å². The fourth-order valence-electron chi connectivity index (χ4n) is 5.45. The predicted molar refractivity (Wildman–Crippen MR) is 209 cm³/mol. The third kappa shape index (κ3) is 6.78. The normalized spacial score (nSPS) is 13.5. The molecule has 0 saturated heterocycles. The number of hydrogen-bond acceptors (Lipinski definition) is 3. The van der Waals surface area contributed by atoms with Crippen LogP contribution in [0.25, 0.3) is 0 Å². The van der Waals surface area contributed by atoms with Crippen molar-refractivity contribution in [3.63, 3.8) is 0 Å². The molecule has 0 atom stereocenters. The van der Waals surface area contributed by atoms with Crippen molar-refractivity contribution in [2.45, 2.75) is 0 Å². The summed E-state index contributed by atoms with van der Waals surface area (Å²) < 4.78 is 13.4. The smallest absolute Gasteiger partial charge is 0.106 e. The molecule has 0 radical (unpaired) electrons. The van der Waals surface area contributed by atoms with E-state index in [0.717, 1.165) is 0 Å². The van der Waals surface area contributed by atoms with Crippen LogP contribution in [0.5, 0.6) is 0 Å². The molecule has 13 heteroatoms. The van der Waals surface area contributed by atoms with Crippen LogP contribution in [0.3, 0.4) is 0 Å². The molecule has 0 aromatic heterocycles. The minimum atomic E-state index is -2.30. The molecule has 3 rings (SSSR count). The Morgan fingerprint density at radius 3 is 0.744 bits per heavy atom. The van der Waals surface area contributed by atoms with Crippen LogP contribution in [0.15, 0.2) is 72.8 Å². The van der Waals surface area contributed by atoms with Crippen LogP contribution in [-0.4, -0.2) is 113 Å². The minimum Gasteiger partial charge on any atom is -0.266 e. The van der Waals surface area contributed by atoms with Gasteiger partial charge in [-0.3, -0.25) is 28.0 Å². The van der Waals surface area contributed by atoms with E-state index in [2.05, 4.69) is 185 Å². The highest BCUT2D eigenvalue weighted by Crippen LogP contribution is 2.54. The average molecular weight is 713 g/mol. The van der Waals surface area contributed by atoms with Crippen LogP contribution < -0.4 is 31.8 Å². The molecule has 0 amide bonds. The number of hydrogen-bond donors (Lipinski definition) is 0. The van der Waals surface area contributed by atoms with Gasteiger partial charge in [-0.15, -0.1) is 0 Å². The Balaban J connectivity index is 2.64. The van der Waals surface area contributed by atoms with Gasteiger partial charge in [-0.05, 0) is 108 Å². The maximum absolute atomic E-state index is 6.61. The van der Waals surface area contributed by atoms with E-state index in [9.17, 15) is 0 Å². The van der Waals surface area contributed by atoms with Crippen LogP contribution in [0, 0.1) is 0 Å². The maximum Gasteiger partial charge on any atom is 0.106 e. The average Bonchev–Trinajstić information content (AvgIpc) is 2.96. The van der Waals surface area contributed by atoms with Crippen molar-refractivity contribution in [3.05, 3.63) is 72.8 Å². The van der Waals surface area contributed by atoms with E-state index < -0.39 is 26.9 Å². The van der Waals surface area contributed by atoms with Gasteiger partial charge in [0.1, 0.15) is 19.0 Å². The lowest BCUT2D eigenvalue weighted by Crippen LogP contribution is -2.45. The second-order valence-corrected chi connectivity index (χ2v) is 27.7. The molecule has 0 spiro atoms. The molecule has 0 bridgehead atoms. The molecule has 0 aliphatic heterocycles. The molecule has 3 aromatic carbocycles. The fourth-order valence-corrected chi connectivity index (χ4v) is 18.7. The number of nitrogens with zero attached hydrogens (tertiary/aromatic N) is 6. The van der Waals surface area contributed by atoms with E-state index in [-0.39, 0.29) is 0 Å². The summed E-state index contributed by atoms with van der Waals surface area (Å²) in [6.45, 7) is 0. The van der Waals surface area contributed by atoms with E-state index >= 15 is 0 Å². The Hall–Kier alpha value is -0.200. The van der Waals surface area contributed by atoms with Crippen LogP contribution in [0.1, 0.15) is 0 Å². The van der Waals surface area contributed by atoms with Crippen LogP contribution in [-0.2, 0) is 35.4 Å². The lowest BCUT2D eigenvalue weighted by Gasteiger charge is -2.41. The summed E-state index contributed by atoms with van der Waals surface area (Å²) in [6.07, 6.45) is -6.89. The SMILES string of the molecule is CN(C)P(=S)(c1ccccc1P(c1ccccc1P(=S)(N(C)C)N(C)C)c1ccccc1P(=S)(N(C)C)N(C)C)N(C)C. The van der Waals surface area contributed by atoms with Crippen LogP contribution in [0.4, 0.5) is 0 Å². The topological polar surface area (TPSA) is 19.4 Å². The van der Waals surface area contributed by atoms with Crippen molar-refractivity contribution in [2.75, 3.05) is 84.6 Å². The molecule has 43 heavy (non-hydrogen) atoms. The molecule has 0 fully saturated rings. The van der Waals surface area contributed by atoms with Gasteiger partial charge >= 0.3 is 0 Å². The van der Waals surface area contributed by atoms with Crippen molar-refractivity contribution in [2.24, 2.45) is 0 Å². The quantitative estimate of drug-likeness (QED) is 0.261. The highest BCUT2D eigenvalue weighted by molar-refractivity contribution is 8.17. The predicted octanol–water partition coefficient (Wildman–Crippen LogP) is 3.62. The zero-order valence-corrected chi connectivity index (χ0v) is 33.7. The first kappa shape index (κ1) is 37.3. The summed E-state index contributed by atoms with van der Waals surface area (Å²) in [5, 5.41) is 7.42. The highest BCUT2D eigenvalue weighted by atomic mass is 32.5. The van der Waals surface area contributed by atoms with Crippen LogP contribution in [0.2, 0.25) is 0 Å². The van der Waals surface area contributed by atoms with Crippen LogP contribution >= 0.6 is 26.9 Å². The molecule has 6 nitrogen and oxygen atoms in total. The summed E-state index contributed by atoms with van der Waals surface area (Å²) in [6, 6.07) is 26.5. The van der Waals surface area contributed by atoms with Crippen molar-refractivity contribution < 1.29 is 0 Å². The largest absolute Gasteiger partial charge is 0.266 e. The Morgan fingerprint density at radius 2 is 0.558 bits per heavy atom. The highest BCUT2D eigenvalue weighted by Gasteiger charge is 2.38. The third-order valence-corrected chi connectivity index (χ3v) is 27.9. The van der Waals surface area contributed by atoms with Gasteiger partial charge in [-0.1, -0.05) is 108 Å². The molecule has 0 unspecified atom stereocenters. The minimum absolute atomic E-state index is 1.13. The molecule has 0 aliphatic carbocycles. The van der Waals surface area contributed by atoms with Gasteiger partial charge < -0.3 is 0 Å². The number of rotatable bonds is 12. The second kappa shape index (κ2) is 14.7. The van der Waals surface area contributed by atoms with Gasteiger partial charge in [0.15, 0.2) is 0 Å². The Morgan fingerprint density at radius 1 is 0.372 bits per heavy atom. The Labute approximate surface area is 278 Å². The third-order valence-electron chi connectivity index (χ3n) is 7.56. The molecule has 0 heterocycles. The lowest BCUT2D eigenvalue weighted by atomic mass is 10.3. The van der Waals surface area contributed by atoms with E-state index in [1.165, 1.54) is 31.8 Å². The molecule has 0 saturated carbocycles. The van der Waals surface area contributed by atoms with Gasteiger partial charge in [0, 0.05) is 15.9 Å². The Bertz CT molecular complexity index is 1350. The monoisotopic (exact) mass is 712 g/mol. The first-order chi connectivity index (χ1) is 20.0. The Kier molecular flexibility index (Phi) is 12.7. The second-order valence-electron chi connectivity index (χ2n) is 11.5. The molecule has 0 aliphatic rings. The van der Waals surface area contributed by atoms with E-state index in [4.69, 9.17) is 35.4 Å². The van der Waals surface area contributed by atoms with Gasteiger partial charge in [-0.2, -0.15) is 0 Å². The zero-order valence-electron chi connectivity index (χ0n) is 27.6. The molecule has 236 valence electrons. The van der Waals surface area contributed by atoms with Crippen molar-refractivity contribution in [1.82, 2.24) is 28.0 Å². The maximum atomic E-state index is 6.61. The molecular weight excluding hydrogens is 664 g/mol. The zero-order chi connectivity index (χ0) is 32.5. The summed E-state index contributed by atoms with van der Waals surface area (Å²) in [5.74, 6) is 0. The van der Waals surface area contributed by atoms with Crippen molar-refractivity contribution in [3.8, 4) is 0 Å². The van der Waals surface area contributed by atoms with E-state index in [0.29, 0.717) is 0 Å². The van der Waals surface area contributed by atoms with E-state index in [1.54, 1.807) is 0 Å². The molecular formula is C30H48N6P4S3. The van der Waals surface area contributed by atoms with Gasteiger partial charge in [0.25, 0.3) is 0 Å². The van der Waals surface area contributed by atoms with Crippen molar-refractivity contribution in [1.29, 1.82) is 0 Å². The first-order valence-corrected chi connectivity index (χ1v) is 23.4. The van der Waals surface area contributed by atoms with Gasteiger partial charge in [0.05, 0.1) is 0 Å². The van der Waals surface area contributed by atoms with Gasteiger partial charge in [0.2, 0.25) is 0 Å². The summed E-state index contributed by atoms with van der Waals surface area (Å²) >= 11 is 19.8. The fraction of sp³-hybridized carbons (Fsp3) is 0.400. The first-order valence-electron chi connectivity index (χ1n) is 13.9. The summed E-state index contributed by atoms with van der Waals surface area (Å²) in [4.78, 5) is 0. The number of benzene rings is 3. The van der Waals surface area contributed by atoms with Crippen molar-refractivity contribution >= 4 is 94.2 Å². The molecule has 0 N–H and O–H groups in total. The van der Waals surface area contributed by atoms with E-state index in [1.807, 2.05) is 0 Å². The molecule has 3 aromatic rings. The lowest BCUT2D eigenvalue weighted by molar-refractivity contribution is 0.582. The standard InChI is InChI=1S/C30H48N6P4S3/c1-31(2)38(41,32(3)4)28-22-16-13-19-25(28)37(26-20-14-17-23-29(26)39(42,33(5)6)34(7)8)27-21-15-18-24-30(27)40(43,35(9)10)36(11)12/h13-24H,1-12H3.